The Kier molecular flexibility index (Phi) is 5.33. The van der Waals surface area contributed by atoms with Crippen molar-refractivity contribution in [2.75, 3.05) is 11.5 Å². The van der Waals surface area contributed by atoms with E-state index in [0.29, 0.717) is 34.6 Å². The van der Waals surface area contributed by atoms with Crippen LogP contribution >= 0.6 is 0 Å². The zero-order chi connectivity index (χ0) is 24.0. The van der Waals surface area contributed by atoms with Gasteiger partial charge in [-0.1, -0.05) is 42.5 Å². The molecule has 0 radical (unpaired) electrons. The second-order valence-corrected chi connectivity index (χ2v) is 8.69. The molecule has 5 heteroatoms. The van der Waals surface area contributed by atoms with Gasteiger partial charge in [0.15, 0.2) is 5.43 Å². The Morgan fingerprint density at radius 3 is 2.32 bits per heavy atom. The fraction of sp³-hybridized carbons (Fsp3) is 0.172. The number of rotatable bonds is 5. The van der Waals surface area contributed by atoms with E-state index in [4.69, 9.17) is 9.15 Å². The molecule has 0 spiro atoms. The fourth-order valence-corrected chi connectivity index (χ4v) is 4.42. The summed E-state index contributed by atoms with van der Waals surface area (Å²) in [5.74, 6) is 0.457. The van der Waals surface area contributed by atoms with E-state index in [2.05, 4.69) is 6.58 Å². The highest BCUT2D eigenvalue weighted by Crippen LogP contribution is 2.41. The summed E-state index contributed by atoms with van der Waals surface area (Å²) in [6, 6.07) is 18.2. The third-order valence-electron chi connectivity index (χ3n) is 6.36. The van der Waals surface area contributed by atoms with Crippen molar-refractivity contribution in [2.24, 2.45) is 0 Å². The quantitative estimate of drug-likeness (QED) is 0.348. The van der Waals surface area contributed by atoms with E-state index < -0.39 is 6.04 Å². The summed E-state index contributed by atoms with van der Waals surface area (Å²) in [4.78, 5) is 29.1. The van der Waals surface area contributed by atoms with Gasteiger partial charge in [0.25, 0.3) is 5.91 Å². The number of aryl methyl sites for hydroxylation is 3. The maximum absolute atomic E-state index is 13.8. The third-order valence-corrected chi connectivity index (χ3v) is 6.36. The summed E-state index contributed by atoms with van der Waals surface area (Å²) >= 11 is 0. The maximum Gasteiger partial charge on any atom is 0.295 e. The Hall–Kier alpha value is -4.12. The fourth-order valence-electron chi connectivity index (χ4n) is 4.42. The summed E-state index contributed by atoms with van der Waals surface area (Å²) in [5, 5.41) is 0.483. The molecule has 1 aliphatic rings. The van der Waals surface area contributed by atoms with Crippen molar-refractivity contribution in [3.8, 4) is 5.75 Å². The van der Waals surface area contributed by atoms with E-state index in [1.165, 1.54) is 0 Å². The van der Waals surface area contributed by atoms with Crippen molar-refractivity contribution in [1.29, 1.82) is 0 Å². The number of ether oxygens (including phenoxy) is 1. The number of fused-ring (bicyclic) bond motifs is 2. The van der Waals surface area contributed by atoms with Crippen LogP contribution in [-0.2, 0) is 0 Å². The van der Waals surface area contributed by atoms with Gasteiger partial charge in [-0.05, 0) is 73.9 Å². The van der Waals surface area contributed by atoms with Gasteiger partial charge in [0.1, 0.15) is 17.9 Å². The smallest absolute Gasteiger partial charge is 0.295 e. The van der Waals surface area contributed by atoms with Gasteiger partial charge in [0.05, 0.1) is 17.0 Å². The summed E-state index contributed by atoms with van der Waals surface area (Å²) in [6.45, 7) is 9.98. The predicted molar refractivity (Wildman–Crippen MR) is 134 cm³/mol. The Morgan fingerprint density at radius 1 is 0.971 bits per heavy atom. The van der Waals surface area contributed by atoms with Gasteiger partial charge in [0, 0.05) is 5.69 Å². The van der Waals surface area contributed by atoms with Crippen LogP contribution in [0.15, 0.2) is 82.5 Å². The molecular formula is C29H25NO4. The molecule has 4 aromatic rings. The molecule has 1 aromatic heterocycles. The molecule has 1 amide bonds. The molecule has 5 nitrogen and oxygen atoms in total. The molecule has 170 valence electrons. The molecule has 1 unspecified atom stereocenters. The van der Waals surface area contributed by atoms with Gasteiger partial charge >= 0.3 is 0 Å². The molecule has 0 fully saturated rings. The average molecular weight is 452 g/mol. The van der Waals surface area contributed by atoms with Crippen molar-refractivity contribution < 1.29 is 13.9 Å². The van der Waals surface area contributed by atoms with Crippen molar-refractivity contribution >= 4 is 22.6 Å². The molecule has 5 rings (SSSR count). The molecular weight excluding hydrogens is 426 g/mol. The summed E-state index contributed by atoms with van der Waals surface area (Å²) in [7, 11) is 0. The number of hydrogen-bond donors (Lipinski definition) is 0. The first kappa shape index (κ1) is 21.7. The summed E-state index contributed by atoms with van der Waals surface area (Å²) in [6.07, 6.45) is 1.68. The third kappa shape index (κ3) is 3.50. The van der Waals surface area contributed by atoms with Gasteiger partial charge in [-0.3, -0.25) is 14.5 Å². The van der Waals surface area contributed by atoms with E-state index in [1.54, 1.807) is 11.0 Å². The van der Waals surface area contributed by atoms with Gasteiger partial charge in [-0.15, -0.1) is 0 Å². The highest BCUT2D eigenvalue weighted by molar-refractivity contribution is 6.10. The van der Waals surface area contributed by atoms with E-state index in [9.17, 15) is 9.59 Å². The van der Waals surface area contributed by atoms with Crippen molar-refractivity contribution in [3.63, 3.8) is 0 Å². The number of anilines is 1. The first-order valence-electron chi connectivity index (χ1n) is 11.2. The SMILES string of the molecule is C=CCOc1ccc(C2c3c(oc4cc(C)c(C)cc4c3=O)C(=O)N2c2ccc(C)cc2)cc1. The van der Waals surface area contributed by atoms with Crippen LogP contribution in [0.2, 0.25) is 0 Å². The van der Waals surface area contributed by atoms with Crippen LogP contribution in [0.25, 0.3) is 11.0 Å². The number of nitrogens with zero attached hydrogens (tertiary/aromatic N) is 1. The highest BCUT2D eigenvalue weighted by Gasteiger charge is 2.43. The topological polar surface area (TPSA) is 59.8 Å². The van der Waals surface area contributed by atoms with Crippen LogP contribution in [0.5, 0.6) is 5.75 Å². The molecule has 34 heavy (non-hydrogen) atoms. The van der Waals surface area contributed by atoms with Crippen molar-refractivity contribution in [3.05, 3.63) is 117 Å². The zero-order valence-electron chi connectivity index (χ0n) is 19.4. The van der Waals surface area contributed by atoms with Gasteiger partial charge < -0.3 is 9.15 Å². The lowest BCUT2D eigenvalue weighted by Gasteiger charge is -2.25. The van der Waals surface area contributed by atoms with Crippen LogP contribution in [0, 0.1) is 20.8 Å². The zero-order valence-corrected chi connectivity index (χ0v) is 19.4. The molecule has 0 N–H and O–H groups in total. The average Bonchev–Trinajstić information content (AvgIpc) is 3.12. The predicted octanol–water partition coefficient (Wildman–Crippen LogP) is 6.03. The van der Waals surface area contributed by atoms with E-state index in [1.807, 2.05) is 81.4 Å². The van der Waals surface area contributed by atoms with Crippen molar-refractivity contribution in [1.82, 2.24) is 0 Å². The second-order valence-electron chi connectivity index (χ2n) is 8.69. The maximum atomic E-state index is 13.8. The molecule has 0 bridgehead atoms. The van der Waals surface area contributed by atoms with Gasteiger partial charge in [-0.2, -0.15) is 0 Å². The Labute approximate surface area is 197 Å². The van der Waals surface area contributed by atoms with Gasteiger partial charge in [0.2, 0.25) is 5.76 Å². The number of amides is 1. The van der Waals surface area contributed by atoms with Crippen LogP contribution in [0.3, 0.4) is 0 Å². The standard InChI is InChI=1S/C29H25NO4/c1-5-14-33-22-12-8-20(9-13-22)26-25-27(31)23-15-18(3)19(4)16-24(23)34-28(25)29(32)30(26)21-10-6-17(2)7-11-21/h5-13,15-16,26H,1,14H2,2-4H3. The minimum Gasteiger partial charge on any atom is -0.490 e. The number of benzene rings is 3. The largest absolute Gasteiger partial charge is 0.490 e. The summed E-state index contributed by atoms with van der Waals surface area (Å²) < 4.78 is 11.7. The van der Waals surface area contributed by atoms with Crippen molar-refractivity contribution in [2.45, 2.75) is 26.8 Å². The molecule has 1 aliphatic heterocycles. The second kappa shape index (κ2) is 8.34. The normalized spacial score (nSPS) is 15.0. The summed E-state index contributed by atoms with van der Waals surface area (Å²) in [5.41, 5.74) is 5.20. The molecule has 0 aliphatic carbocycles. The lowest BCUT2D eigenvalue weighted by Crippen LogP contribution is -2.29. The first-order valence-corrected chi connectivity index (χ1v) is 11.2. The first-order chi connectivity index (χ1) is 16.4. The minimum absolute atomic E-state index is 0.0957. The van der Waals surface area contributed by atoms with E-state index in [0.717, 1.165) is 22.3 Å². The number of hydrogen-bond acceptors (Lipinski definition) is 4. The number of carbonyl (C=O) groups excluding carboxylic acids is 1. The molecule has 0 saturated heterocycles. The van der Waals surface area contributed by atoms with E-state index in [-0.39, 0.29) is 17.1 Å². The molecule has 1 atom stereocenters. The van der Waals surface area contributed by atoms with Crippen LogP contribution < -0.4 is 15.1 Å². The van der Waals surface area contributed by atoms with Crippen LogP contribution in [0.1, 0.15) is 44.4 Å². The monoisotopic (exact) mass is 451 g/mol. The Bertz CT molecular complexity index is 1480. The highest BCUT2D eigenvalue weighted by atomic mass is 16.5. The van der Waals surface area contributed by atoms with Crippen LogP contribution in [-0.4, -0.2) is 12.5 Å². The van der Waals surface area contributed by atoms with E-state index >= 15 is 0 Å². The number of carbonyl (C=O) groups is 1. The Balaban J connectivity index is 1.73. The molecule has 2 heterocycles. The lowest BCUT2D eigenvalue weighted by atomic mass is 9.97. The lowest BCUT2D eigenvalue weighted by molar-refractivity contribution is 0.0971. The van der Waals surface area contributed by atoms with Crippen LogP contribution in [0.4, 0.5) is 5.69 Å². The Morgan fingerprint density at radius 2 is 1.65 bits per heavy atom. The molecule has 0 saturated carbocycles. The minimum atomic E-state index is -0.610. The molecule has 3 aromatic carbocycles. The van der Waals surface area contributed by atoms with Gasteiger partial charge in [-0.25, -0.2) is 0 Å².